The minimum Gasteiger partial charge on any atom is -0.482 e. The number of aromatic nitrogens is 3. The Morgan fingerprint density at radius 3 is 2.54 bits per heavy atom. The Morgan fingerprint density at radius 2 is 1.85 bits per heavy atom. The summed E-state index contributed by atoms with van der Waals surface area (Å²) in [5, 5.41) is 7.53. The van der Waals surface area contributed by atoms with Crippen molar-refractivity contribution in [3.05, 3.63) is 71.8 Å². The molecule has 0 spiro atoms. The van der Waals surface area contributed by atoms with Crippen LogP contribution in [0.25, 0.3) is 0 Å². The number of hydrogen-bond acceptors (Lipinski definition) is 6. The molecule has 9 heteroatoms. The molecule has 1 aromatic heterocycles. The third-order valence-corrected chi connectivity index (χ3v) is 4.74. The van der Waals surface area contributed by atoms with Crippen LogP contribution >= 0.6 is 11.8 Å². The van der Waals surface area contributed by atoms with E-state index in [4.69, 9.17) is 16.3 Å². The molecule has 0 aliphatic rings. The first kappa shape index (κ1) is 17.7. The van der Waals surface area contributed by atoms with E-state index >= 15 is 0 Å². The van der Waals surface area contributed by atoms with Gasteiger partial charge in [0.25, 0.3) is 0 Å². The number of ether oxygens (including phenoxy) is 1. The van der Waals surface area contributed by atoms with Crippen LogP contribution in [0.5, 0.6) is 5.75 Å². The van der Waals surface area contributed by atoms with E-state index < -0.39 is 17.0 Å². The summed E-state index contributed by atoms with van der Waals surface area (Å²) in [6, 6.07) is 15.1. The lowest BCUT2D eigenvalue weighted by atomic mass is 10.1. The number of thioether (sulfide) groups is 1. The lowest BCUT2D eigenvalue weighted by Crippen LogP contribution is -2.21. The van der Waals surface area contributed by atoms with E-state index in [1.165, 1.54) is 16.8 Å². The molecular weight excluding hydrogens is 357 g/mol. The fraction of sp³-hybridized carbons (Fsp3) is 0.118. The van der Waals surface area contributed by atoms with Crippen molar-refractivity contribution in [3.8, 4) is 5.75 Å². The quantitative estimate of drug-likeness (QED) is 0.484. The number of para-hydroxylation sites is 1. The first-order valence-electron chi connectivity index (χ1n) is 7.64. The summed E-state index contributed by atoms with van der Waals surface area (Å²) in [4.78, 5) is 11.8. The van der Waals surface area contributed by atoms with Gasteiger partial charge in [0.1, 0.15) is 11.9 Å². The smallest absolute Gasteiger partial charge is 0.235 e. The fourth-order valence-electron chi connectivity index (χ4n) is 2.21. The Labute approximate surface area is 153 Å². The monoisotopic (exact) mass is 373 g/mol. The van der Waals surface area contributed by atoms with E-state index in [2.05, 4.69) is 10.2 Å². The Balaban J connectivity index is 1.74. The summed E-state index contributed by atoms with van der Waals surface area (Å²) >= 11 is 1.08. The molecule has 1 unspecified atom stereocenters. The predicted molar refractivity (Wildman–Crippen MR) is 95.1 cm³/mol. The van der Waals surface area contributed by atoms with E-state index in [-0.39, 0.29) is 18.2 Å². The number of nitrogens with zero attached hydrogens (tertiary/aromatic N) is 3. The van der Waals surface area contributed by atoms with Crippen molar-refractivity contribution < 1.29 is 13.9 Å². The second-order valence-electron chi connectivity index (χ2n) is 5.30. The molecule has 1 amide bonds. The summed E-state index contributed by atoms with van der Waals surface area (Å²) in [6.45, 7) is -0.0719. The van der Waals surface area contributed by atoms with Gasteiger partial charge in [0.05, 0.1) is 0 Å². The highest BCUT2D eigenvalue weighted by atomic mass is 32.2. The van der Waals surface area contributed by atoms with Gasteiger partial charge >= 0.3 is 0 Å². The standard InChI is InChI=1S/C17H16FN5O2S/c18-12-8-4-5-9-13(12)25-10-14-21-22-17(23(14)20)26-15(16(19)24)11-6-2-1-3-7-11/h1-9,15H,10,20H2,(H2,19,24). The summed E-state index contributed by atoms with van der Waals surface area (Å²) < 4.78 is 20.2. The zero-order chi connectivity index (χ0) is 18.5. The SMILES string of the molecule is NC(=O)C(Sc1nnc(COc2ccccc2F)n1N)c1ccccc1. The van der Waals surface area contributed by atoms with Gasteiger partial charge in [-0.15, -0.1) is 10.2 Å². The summed E-state index contributed by atoms with van der Waals surface area (Å²) in [5.41, 5.74) is 6.23. The number of nitrogens with two attached hydrogens (primary N) is 2. The second-order valence-corrected chi connectivity index (χ2v) is 6.37. The average molecular weight is 373 g/mol. The predicted octanol–water partition coefficient (Wildman–Crippen LogP) is 2.03. The molecule has 1 heterocycles. The number of nitrogen functional groups attached to an aromatic ring is 1. The molecule has 0 saturated heterocycles. The number of primary amides is 1. The van der Waals surface area contributed by atoms with Crippen LogP contribution in [-0.2, 0) is 11.4 Å². The third kappa shape index (κ3) is 3.94. The number of hydrogen-bond donors (Lipinski definition) is 2. The number of amides is 1. The highest BCUT2D eigenvalue weighted by Crippen LogP contribution is 2.33. The van der Waals surface area contributed by atoms with Gasteiger partial charge in [-0.1, -0.05) is 54.2 Å². The van der Waals surface area contributed by atoms with Gasteiger partial charge in [0.2, 0.25) is 11.1 Å². The second kappa shape index (κ2) is 7.87. The fourth-order valence-corrected chi connectivity index (χ4v) is 3.14. The number of rotatable bonds is 7. The molecule has 2 aromatic carbocycles. The highest BCUT2D eigenvalue weighted by Gasteiger charge is 2.23. The van der Waals surface area contributed by atoms with Crippen LogP contribution in [0.15, 0.2) is 59.8 Å². The number of carbonyl (C=O) groups is 1. The van der Waals surface area contributed by atoms with Crippen molar-refractivity contribution in [1.29, 1.82) is 0 Å². The van der Waals surface area contributed by atoms with E-state index in [9.17, 15) is 9.18 Å². The van der Waals surface area contributed by atoms with Crippen LogP contribution in [-0.4, -0.2) is 20.8 Å². The van der Waals surface area contributed by atoms with Crippen LogP contribution in [0.3, 0.4) is 0 Å². The Hall–Kier alpha value is -3.07. The maximum atomic E-state index is 13.6. The van der Waals surface area contributed by atoms with Crippen molar-refractivity contribution in [3.63, 3.8) is 0 Å². The minimum absolute atomic E-state index is 0.0719. The van der Waals surface area contributed by atoms with Gasteiger partial charge in [0, 0.05) is 0 Å². The molecule has 3 rings (SSSR count). The van der Waals surface area contributed by atoms with Gasteiger partial charge in [-0.2, -0.15) is 0 Å². The molecule has 7 nitrogen and oxygen atoms in total. The lowest BCUT2D eigenvalue weighted by molar-refractivity contribution is -0.117. The molecule has 1 atom stereocenters. The lowest BCUT2D eigenvalue weighted by Gasteiger charge is -2.12. The first-order valence-corrected chi connectivity index (χ1v) is 8.52. The Kier molecular flexibility index (Phi) is 5.37. The highest BCUT2D eigenvalue weighted by molar-refractivity contribution is 8.00. The maximum Gasteiger partial charge on any atom is 0.235 e. The molecule has 134 valence electrons. The average Bonchev–Trinajstić information content (AvgIpc) is 2.99. The maximum absolute atomic E-state index is 13.6. The van der Waals surface area contributed by atoms with Crippen molar-refractivity contribution in [2.45, 2.75) is 17.0 Å². The van der Waals surface area contributed by atoms with E-state index in [0.717, 1.165) is 17.3 Å². The van der Waals surface area contributed by atoms with Crippen molar-refractivity contribution in [1.82, 2.24) is 14.9 Å². The summed E-state index contributed by atoms with van der Waals surface area (Å²) in [6.07, 6.45) is 0. The normalized spacial score (nSPS) is 11.9. The van der Waals surface area contributed by atoms with Crippen LogP contribution in [0.1, 0.15) is 16.6 Å². The van der Waals surface area contributed by atoms with E-state index in [0.29, 0.717) is 5.16 Å². The minimum atomic E-state index is -0.664. The van der Waals surface area contributed by atoms with Crippen LogP contribution in [0.4, 0.5) is 4.39 Å². The van der Waals surface area contributed by atoms with Crippen LogP contribution in [0.2, 0.25) is 0 Å². The molecular formula is C17H16FN5O2S. The van der Waals surface area contributed by atoms with Crippen LogP contribution in [0, 0.1) is 5.82 Å². The largest absolute Gasteiger partial charge is 0.482 e. The summed E-state index contributed by atoms with van der Waals surface area (Å²) in [7, 11) is 0. The molecule has 0 fully saturated rings. The molecule has 26 heavy (non-hydrogen) atoms. The third-order valence-electron chi connectivity index (χ3n) is 3.51. The zero-order valence-corrected chi connectivity index (χ0v) is 14.4. The zero-order valence-electron chi connectivity index (χ0n) is 13.6. The van der Waals surface area contributed by atoms with Crippen molar-refractivity contribution in [2.24, 2.45) is 5.73 Å². The topological polar surface area (TPSA) is 109 Å². The van der Waals surface area contributed by atoms with Crippen LogP contribution < -0.4 is 16.3 Å². The van der Waals surface area contributed by atoms with E-state index in [1.807, 2.05) is 18.2 Å². The molecule has 0 saturated carbocycles. The van der Waals surface area contributed by atoms with Gasteiger partial charge in [-0.3, -0.25) is 4.79 Å². The first-order chi connectivity index (χ1) is 12.6. The Morgan fingerprint density at radius 1 is 1.15 bits per heavy atom. The molecule has 0 aliphatic carbocycles. The van der Waals surface area contributed by atoms with Gasteiger partial charge < -0.3 is 16.3 Å². The molecule has 0 aliphatic heterocycles. The van der Waals surface area contributed by atoms with Crippen molar-refractivity contribution in [2.75, 3.05) is 5.84 Å². The van der Waals surface area contributed by atoms with Gasteiger partial charge in [0.15, 0.2) is 17.4 Å². The van der Waals surface area contributed by atoms with Gasteiger partial charge in [-0.25, -0.2) is 9.07 Å². The molecule has 4 N–H and O–H groups in total. The van der Waals surface area contributed by atoms with E-state index in [1.54, 1.807) is 24.3 Å². The number of carbonyl (C=O) groups excluding carboxylic acids is 1. The van der Waals surface area contributed by atoms with Crippen molar-refractivity contribution >= 4 is 17.7 Å². The van der Waals surface area contributed by atoms with Gasteiger partial charge in [-0.05, 0) is 17.7 Å². The molecule has 3 aromatic rings. The molecule has 0 bridgehead atoms. The number of halogens is 1. The Bertz CT molecular complexity index is 903. The summed E-state index contributed by atoms with van der Waals surface area (Å²) in [5.74, 6) is 5.35. The molecule has 0 radical (unpaired) electrons. The number of benzene rings is 2.